The molecule has 0 saturated heterocycles. The standard InChI is InChI=1S/C12H26.C4H9/c1-5-7-9-11-12(3,4)10-8-6-2;1-4(2)3/h5-11H2,1-4H3;1-3H3. The first-order valence-corrected chi connectivity index (χ1v) is 7.12. The van der Waals surface area contributed by atoms with Gasteiger partial charge in [0, 0.05) is 0 Å². The monoisotopic (exact) mass is 227 g/mol. The highest BCUT2D eigenvalue weighted by atomic mass is 14.2. The second-order valence-electron chi connectivity index (χ2n) is 6.22. The molecule has 0 aliphatic heterocycles. The zero-order valence-corrected chi connectivity index (χ0v) is 12.9. The van der Waals surface area contributed by atoms with E-state index in [9.17, 15) is 0 Å². The normalized spacial score (nSPS) is 11.2. The molecule has 0 fully saturated rings. The molecule has 16 heavy (non-hydrogen) atoms. The van der Waals surface area contributed by atoms with Crippen LogP contribution in [0.3, 0.4) is 0 Å². The molecule has 1 radical (unpaired) electrons. The van der Waals surface area contributed by atoms with Gasteiger partial charge in [0.2, 0.25) is 0 Å². The summed E-state index contributed by atoms with van der Waals surface area (Å²) in [4.78, 5) is 0. The van der Waals surface area contributed by atoms with Crippen LogP contribution >= 0.6 is 0 Å². The third kappa shape index (κ3) is 19.6. The fourth-order valence-electron chi connectivity index (χ4n) is 1.63. The molecule has 0 rings (SSSR count). The van der Waals surface area contributed by atoms with E-state index in [1.165, 1.54) is 50.9 Å². The third-order valence-corrected chi connectivity index (χ3v) is 2.66. The van der Waals surface area contributed by atoms with Crippen LogP contribution in [0.1, 0.15) is 93.4 Å². The van der Waals surface area contributed by atoms with Gasteiger partial charge in [0.15, 0.2) is 0 Å². The van der Waals surface area contributed by atoms with Crippen molar-refractivity contribution in [3.63, 3.8) is 0 Å². The summed E-state index contributed by atoms with van der Waals surface area (Å²) in [5.74, 6) is 1.42. The Labute approximate surface area is 105 Å². The van der Waals surface area contributed by atoms with E-state index in [0.717, 1.165) is 0 Å². The van der Waals surface area contributed by atoms with Crippen LogP contribution in [-0.2, 0) is 0 Å². The maximum absolute atomic E-state index is 2.42. The first kappa shape index (κ1) is 18.4. The highest BCUT2D eigenvalue weighted by Crippen LogP contribution is 2.29. The minimum absolute atomic E-state index is 0.602. The van der Waals surface area contributed by atoms with Crippen molar-refractivity contribution in [3.05, 3.63) is 5.92 Å². The van der Waals surface area contributed by atoms with E-state index in [1.54, 1.807) is 0 Å². The van der Waals surface area contributed by atoms with Crippen molar-refractivity contribution in [3.8, 4) is 0 Å². The lowest BCUT2D eigenvalue weighted by Crippen LogP contribution is -2.10. The predicted molar refractivity (Wildman–Crippen MR) is 77.7 cm³/mol. The van der Waals surface area contributed by atoms with Crippen molar-refractivity contribution in [2.75, 3.05) is 0 Å². The summed E-state index contributed by atoms with van der Waals surface area (Å²) in [5.41, 5.74) is 0.602. The highest BCUT2D eigenvalue weighted by molar-refractivity contribution is 4.68. The molecule has 0 aromatic rings. The van der Waals surface area contributed by atoms with E-state index in [1.807, 2.05) is 0 Å². The Bertz CT molecular complexity index is 119. The molecule has 0 heterocycles. The van der Waals surface area contributed by atoms with Crippen molar-refractivity contribution in [2.45, 2.75) is 93.4 Å². The molecular formula is C16H35. The molecule has 0 aliphatic rings. The average Bonchev–Trinajstić information content (AvgIpc) is 2.14. The van der Waals surface area contributed by atoms with Gasteiger partial charge >= 0.3 is 0 Å². The molecule has 0 spiro atoms. The Morgan fingerprint density at radius 1 is 0.750 bits per heavy atom. The van der Waals surface area contributed by atoms with E-state index in [-0.39, 0.29) is 0 Å². The summed E-state index contributed by atoms with van der Waals surface area (Å²) in [6, 6.07) is 0. The van der Waals surface area contributed by atoms with Gasteiger partial charge in [-0.25, -0.2) is 0 Å². The smallest absolute Gasteiger partial charge is 0.0334 e. The van der Waals surface area contributed by atoms with Gasteiger partial charge in [-0.15, -0.1) is 0 Å². The topological polar surface area (TPSA) is 0 Å². The number of unbranched alkanes of at least 4 members (excludes halogenated alkanes) is 3. The first-order chi connectivity index (χ1) is 7.35. The summed E-state index contributed by atoms with van der Waals surface area (Å²) in [5, 5.41) is 0. The molecule has 0 atom stereocenters. The molecule has 0 amide bonds. The van der Waals surface area contributed by atoms with Crippen LogP contribution in [0.4, 0.5) is 0 Å². The minimum Gasteiger partial charge on any atom is -0.0654 e. The summed E-state index contributed by atoms with van der Waals surface area (Å²) in [7, 11) is 0. The maximum atomic E-state index is 2.42. The van der Waals surface area contributed by atoms with Crippen LogP contribution in [-0.4, -0.2) is 0 Å². The summed E-state index contributed by atoms with van der Waals surface area (Å²) >= 11 is 0. The Balaban J connectivity index is 0. The molecule has 0 aromatic heterocycles. The van der Waals surface area contributed by atoms with Crippen LogP contribution in [0.25, 0.3) is 0 Å². The van der Waals surface area contributed by atoms with Crippen LogP contribution in [0, 0.1) is 11.3 Å². The second kappa shape index (κ2) is 11.5. The molecule has 0 nitrogen and oxygen atoms in total. The largest absolute Gasteiger partial charge is 0.0654 e. The fourth-order valence-corrected chi connectivity index (χ4v) is 1.63. The third-order valence-electron chi connectivity index (χ3n) is 2.66. The molecule has 0 bridgehead atoms. The van der Waals surface area contributed by atoms with Gasteiger partial charge in [-0.3, -0.25) is 0 Å². The van der Waals surface area contributed by atoms with E-state index < -0.39 is 0 Å². The summed E-state index contributed by atoms with van der Waals surface area (Å²) in [6.45, 7) is 15.6. The van der Waals surface area contributed by atoms with Crippen LogP contribution in [0.5, 0.6) is 0 Å². The van der Waals surface area contributed by atoms with Gasteiger partial charge in [-0.05, 0) is 24.2 Å². The fraction of sp³-hybridized carbons (Fsp3) is 0.938. The van der Waals surface area contributed by atoms with Gasteiger partial charge in [0.05, 0.1) is 0 Å². The molecule has 99 valence electrons. The number of rotatable bonds is 7. The summed E-state index contributed by atoms with van der Waals surface area (Å²) < 4.78 is 0. The number of hydrogen-bond donors (Lipinski definition) is 0. The second-order valence-corrected chi connectivity index (χ2v) is 6.22. The van der Waals surface area contributed by atoms with Crippen molar-refractivity contribution >= 4 is 0 Å². The van der Waals surface area contributed by atoms with Gasteiger partial charge < -0.3 is 0 Å². The molecule has 0 saturated carbocycles. The van der Waals surface area contributed by atoms with Crippen molar-refractivity contribution in [1.29, 1.82) is 0 Å². The lowest BCUT2D eigenvalue weighted by molar-refractivity contribution is 0.287. The Morgan fingerprint density at radius 2 is 1.12 bits per heavy atom. The van der Waals surface area contributed by atoms with Crippen molar-refractivity contribution in [1.82, 2.24) is 0 Å². The van der Waals surface area contributed by atoms with Crippen molar-refractivity contribution < 1.29 is 0 Å². The van der Waals surface area contributed by atoms with Crippen LogP contribution in [0.15, 0.2) is 0 Å². The number of hydrogen-bond acceptors (Lipinski definition) is 0. The van der Waals surface area contributed by atoms with Gasteiger partial charge in [0.1, 0.15) is 0 Å². The highest BCUT2D eigenvalue weighted by Gasteiger charge is 2.15. The molecule has 0 heteroatoms. The van der Waals surface area contributed by atoms with Crippen LogP contribution in [0.2, 0.25) is 0 Å². The zero-order valence-electron chi connectivity index (χ0n) is 12.9. The molecule has 0 aromatic carbocycles. The molecule has 0 aliphatic carbocycles. The predicted octanol–water partition coefficient (Wildman–Crippen LogP) is 6.40. The van der Waals surface area contributed by atoms with Gasteiger partial charge in [-0.1, -0.05) is 80.6 Å². The minimum atomic E-state index is 0.602. The van der Waals surface area contributed by atoms with Gasteiger partial charge in [-0.2, -0.15) is 0 Å². The lowest BCUT2D eigenvalue weighted by atomic mass is 9.82. The van der Waals surface area contributed by atoms with Gasteiger partial charge in [0.25, 0.3) is 0 Å². The first-order valence-electron chi connectivity index (χ1n) is 7.12. The molecule has 0 N–H and O–H groups in total. The van der Waals surface area contributed by atoms with Crippen molar-refractivity contribution in [2.24, 2.45) is 5.41 Å². The zero-order chi connectivity index (χ0) is 13.0. The van der Waals surface area contributed by atoms with Crippen LogP contribution < -0.4 is 0 Å². The quantitative estimate of drug-likeness (QED) is 0.441. The lowest BCUT2D eigenvalue weighted by Gasteiger charge is -2.24. The molecular weight excluding hydrogens is 192 g/mol. The van der Waals surface area contributed by atoms with E-state index in [2.05, 4.69) is 48.5 Å². The Kier molecular flexibility index (Phi) is 13.2. The average molecular weight is 227 g/mol. The Hall–Kier alpha value is 0. The maximum Gasteiger partial charge on any atom is -0.0334 e. The van der Waals surface area contributed by atoms with E-state index in [0.29, 0.717) is 5.41 Å². The van der Waals surface area contributed by atoms with E-state index in [4.69, 9.17) is 0 Å². The van der Waals surface area contributed by atoms with E-state index >= 15 is 0 Å². The summed E-state index contributed by atoms with van der Waals surface area (Å²) in [6.07, 6.45) is 9.76. The Morgan fingerprint density at radius 3 is 1.50 bits per heavy atom. The SMILES string of the molecule is CCCCCC(C)(C)CCCC.C[C](C)C. The molecule has 0 unspecified atom stereocenters.